The standard InChI is InChI=1S/C13H20ClNOS/c1-10-3-2-7-15(9-10)8-6-11(16)12-4-5-13(14)17-12/h4-5,10-11,16H,2-3,6-9H2,1H3. The van der Waals surface area contributed by atoms with E-state index in [2.05, 4.69) is 11.8 Å². The molecule has 17 heavy (non-hydrogen) atoms. The Balaban J connectivity index is 1.77. The van der Waals surface area contributed by atoms with Crippen molar-refractivity contribution in [3.8, 4) is 0 Å². The van der Waals surface area contributed by atoms with Crippen LogP contribution in [0.3, 0.4) is 0 Å². The molecular formula is C13H20ClNOS. The maximum atomic E-state index is 10.1. The van der Waals surface area contributed by atoms with Gasteiger partial charge in [0.05, 0.1) is 10.4 Å². The Kier molecular flexibility index (Phi) is 4.86. The molecule has 1 aromatic rings. The molecule has 0 saturated carbocycles. The zero-order valence-electron chi connectivity index (χ0n) is 10.2. The van der Waals surface area contributed by atoms with Gasteiger partial charge in [-0.25, -0.2) is 0 Å². The van der Waals surface area contributed by atoms with Crippen LogP contribution in [-0.2, 0) is 0 Å². The quantitative estimate of drug-likeness (QED) is 0.907. The largest absolute Gasteiger partial charge is 0.388 e. The van der Waals surface area contributed by atoms with Gasteiger partial charge >= 0.3 is 0 Å². The van der Waals surface area contributed by atoms with Crippen LogP contribution in [-0.4, -0.2) is 29.6 Å². The highest BCUT2D eigenvalue weighted by Crippen LogP contribution is 2.29. The number of piperidine rings is 1. The molecule has 2 heterocycles. The minimum atomic E-state index is -0.357. The van der Waals surface area contributed by atoms with E-state index in [1.807, 2.05) is 12.1 Å². The summed E-state index contributed by atoms with van der Waals surface area (Å²) in [6, 6.07) is 3.78. The summed E-state index contributed by atoms with van der Waals surface area (Å²) in [7, 11) is 0. The average molecular weight is 274 g/mol. The van der Waals surface area contributed by atoms with E-state index >= 15 is 0 Å². The van der Waals surface area contributed by atoms with Crippen LogP contribution in [0.2, 0.25) is 4.34 Å². The molecule has 1 aromatic heterocycles. The van der Waals surface area contributed by atoms with Crippen molar-refractivity contribution >= 4 is 22.9 Å². The third-order valence-electron chi connectivity index (χ3n) is 3.38. The predicted octanol–water partition coefficient (Wildman–Crippen LogP) is 3.56. The van der Waals surface area contributed by atoms with E-state index < -0.39 is 0 Å². The lowest BCUT2D eigenvalue weighted by Gasteiger charge is -2.31. The Hall–Kier alpha value is -0.0900. The van der Waals surface area contributed by atoms with E-state index in [1.165, 1.54) is 37.3 Å². The van der Waals surface area contributed by atoms with Crippen molar-refractivity contribution in [3.63, 3.8) is 0 Å². The number of thiophene rings is 1. The van der Waals surface area contributed by atoms with Crippen LogP contribution in [0.4, 0.5) is 0 Å². The van der Waals surface area contributed by atoms with Gasteiger partial charge in [0, 0.05) is 18.0 Å². The smallest absolute Gasteiger partial charge is 0.0932 e. The van der Waals surface area contributed by atoms with Crippen molar-refractivity contribution in [2.45, 2.75) is 32.3 Å². The maximum Gasteiger partial charge on any atom is 0.0932 e. The summed E-state index contributed by atoms with van der Waals surface area (Å²) in [6.07, 6.45) is 3.09. The molecule has 0 aliphatic carbocycles. The van der Waals surface area contributed by atoms with Gasteiger partial charge in [-0.3, -0.25) is 0 Å². The van der Waals surface area contributed by atoms with Gasteiger partial charge in [-0.15, -0.1) is 11.3 Å². The van der Waals surface area contributed by atoms with Gasteiger partial charge in [0.25, 0.3) is 0 Å². The molecule has 2 unspecified atom stereocenters. The molecule has 0 radical (unpaired) electrons. The second-order valence-corrected chi connectivity index (χ2v) is 6.74. The summed E-state index contributed by atoms with van der Waals surface area (Å²) >= 11 is 7.35. The van der Waals surface area contributed by atoms with Gasteiger partial charge < -0.3 is 10.0 Å². The van der Waals surface area contributed by atoms with Crippen LogP contribution in [0, 0.1) is 5.92 Å². The highest BCUT2D eigenvalue weighted by Gasteiger charge is 2.18. The van der Waals surface area contributed by atoms with Crippen molar-refractivity contribution in [3.05, 3.63) is 21.3 Å². The minimum Gasteiger partial charge on any atom is -0.388 e. The molecule has 2 rings (SSSR count). The Labute approximate surface area is 112 Å². The number of rotatable bonds is 4. The van der Waals surface area contributed by atoms with Crippen molar-refractivity contribution < 1.29 is 5.11 Å². The Morgan fingerprint density at radius 2 is 2.41 bits per heavy atom. The first-order chi connectivity index (χ1) is 8.15. The Morgan fingerprint density at radius 3 is 3.06 bits per heavy atom. The molecular weight excluding hydrogens is 254 g/mol. The number of aliphatic hydroxyl groups is 1. The van der Waals surface area contributed by atoms with Crippen LogP contribution >= 0.6 is 22.9 Å². The molecule has 96 valence electrons. The molecule has 1 aliphatic heterocycles. The van der Waals surface area contributed by atoms with Crippen molar-refractivity contribution in [2.75, 3.05) is 19.6 Å². The van der Waals surface area contributed by atoms with Gasteiger partial charge in [0.1, 0.15) is 0 Å². The highest BCUT2D eigenvalue weighted by molar-refractivity contribution is 7.16. The van der Waals surface area contributed by atoms with E-state index in [-0.39, 0.29) is 6.10 Å². The molecule has 0 amide bonds. The van der Waals surface area contributed by atoms with Crippen LogP contribution in [0.5, 0.6) is 0 Å². The summed E-state index contributed by atoms with van der Waals surface area (Å²) in [5.74, 6) is 0.803. The monoisotopic (exact) mass is 273 g/mol. The average Bonchev–Trinajstić information content (AvgIpc) is 2.73. The molecule has 2 nitrogen and oxygen atoms in total. The number of hydrogen-bond acceptors (Lipinski definition) is 3. The van der Waals surface area contributed by atoms with E-state index in [4.69, 9.17) is 11.6 Å². The zero-order valence-corrected chi connectivity index (χ0v) is 11.8. The normalized spacial score (nSPS) is 23.8. The molecule has 1 N–H and O–H groups in total. The molecule has 1 saturated heterocycles. The summed E-state index contributed by atoms with van der Waals surface area (Å²) < 4.78 is 0.755. The van der Waals surface area contributed by atoms with E-state index in [0.29, 0.717) is 0 Å². The molecule has 0 aromatic carbocycles. The molecule has 0 bridgehead atoms. The fourth-order valence-corrected chi connectivity index (χ4v) is 3.53. The summed E-state index contributed by atoms with van der Waals surface area (Å²) in [5, 5.41) is 10.1. The predicted molar refractivity (Wildman–Crippen MR) is 73.7 cm³/mol. The van der Waals surface area contributed by atoms with Gasteiger partial charge in [-0.1, -0.05) is 18.5 Å². The lowest BCUT2D eigenvalue weighted by atomic mass is 10.00. The van der Waals surface area contributed by atoms with Crippen LogP contribution in [0.25, 0.3) is 0 Å². The lowest BCUT2D eigenvalue weighted by Crippen LogP contribution is -2.35. The third-order valence-corrected chi connectivity index (χ3v) is 4.71. The number of halogens is 1. The fourth-order valence-electron chi connectivity index (χ4n) is 2.44. The van der Waals surface area contributed by atoms with Crippen LogP contribution in [0.1, 0.15) is 37.2 Å². The Bertz CT molecular complexity index is 355. The highest BCUT2D eigenvalue weighted by atomic mass is 35.5. The molecule has 1 aliphatic rings. The third kappa shape index (κ3) is 3.95. The first-order valence-electron chi connectivity index (χ1n) is 6.31. The Morgan fingerprint density at radius 1 is 1.59 bits per heavy atom. The lowest BCUT2D eigenvalue weighted by molar-refractivity contribution is 0.124. The van der Waals surface area contributed by atoms with E-state index in [1.54, 1.807) is 0 Å². The first-order valence-corrected chi connectivity index (χ1v) is 7.50. The van der Waals surface area contributed by atoms with Gasteiger partial charge in [0.2, 0.25) is 0 Å². The van der Waals surface area contributed by atoms with E-state index in [9.17, 15) is 5.11 Å². The van der Waals surface area contributed by atoms with Gasteiger partial charge in [0.15, 0.2) is 0 Å². The van der Waals surface area contributed by atoms with Crippen molar-refractivity contribution in [2.24, 2.45) is 5.92 Å². The molecule has 4 heteroatoms. The second-order valence-electron chi connectivity index (χ2n) is 4.99. The maximum absolute atomic E-state index is 10.1. The topological polar surface area (TPSA) is 23.5 Å². The number of aliphatic hydroxyl groups excluding tert-OH is 1. The van der Waals surface area contributed by atoms with Crippen molar-refractivity contribution in [1.29, 1.82) is 0 Å². The minimum absolute atomic E-state index is 0.357. The molecule has 0 spiro atoms. The number of nitrogens with zero attached hydrogens (tertiary/aromatic N) is 1. The SMILES string of the molecule is CC1CCCN(CCC(O)c2ccc(Cl)s2)C1. The number of hydrogen-bond donors (Lipinski definition) is 1. The fraction of sp³-hybridized carbons (Fsp3) is 0.692. The van der Waals surface area contributed by atoms with Gasteiger partial charge in [-0.05, 0) is 43.9 Å². The van der Waals surface area contributed by atoms with Gasteiger partial charge in [-0.2, -0.15) is 0 Å². The molecule has 1 fully saturated rings. The number of likely N-dealkylation sites (tertiary alicyclic amines) is 1. The second kappa shape index (κ2) is 6.19. The summed E-state index contributed by atoms with van der Waals surface area (Å²) in [4.78, 5) is 3.45. The zero-order chi connectivity index (χ0) is 12.3. The summed E-state index contributed by atoms with van der Waals surface area (Å²) in [6.45, 7) is 5.66. The van der Waals surface area contributed by atoms with Crippen molar-refractivity contribution in [1.82, 2.24) is 4.90 Å². The molecule has 2 atom stereocenters. The van der Waals surface area contributed by atoms with Crippen LogP contribution < -0.4 is 0 Å². The van der Waals surface area contributed by atoms with Crippen LogP contribution in [0.15, 0.2) is 12.1 Å². The van der Waals surface area contributed by atoms with E-state index in [0.717, 1.165) is 28.1 Å². The first kappa shape index (κ1) is 13.3. The summed E-state index contributed by atoms with van der Waals surface area (Å²) in [5.41, 5.74) is 0.